The third-order valence-corrected chi connectivity index (χ3v) is 2.84. The van der Waals surface area contributed by atoms with Gasteiger partial charge in [0.1, 0.15) is 10.1 Å². The van der Waals surface area contributed by atoms with E-state index < -0.39 is 20.8 Å². The molecule has 0 atom stereocenters. The minimum atomic E-state index is -4.69. The fourth-order valence-corrected chi connectivity index (χ4v) is 0.626. The molecule has 0 rings (SSSR count). The molecule has 0 aliphatic rings. The Morgan fingerprint density at radius 3 is 2.14 bits per heavy atom. The van der Waals surface area contributed by atoms with E-state index in [0.717, 1.165) is 20.1 Å². The predicted molar refractivity (Wildman–Crippen MR) is 44.7 cm³/mol. The Kier molecular flexibility index (Phi) is 6.94. The minimum Gasteiger partial charge on any atom is -0.747 e. The standard InChI is InChI=1S/C7H12O5S.Na/c1-4-5-12-6(8)7(2,3)13(9,10)11;/h4-5H,1-3H3,(H,9,10,11);/q;+1/p-1/b5-4+;. The second kappa shape index (κ2) is 5.87. The smallest absolute Gasteiger partial charge is 0.747 e. The van der Waals surface area contributed by atoms with E-state index >= 15 is 0 Å². The molecule has 7 heteroatoms. The maximum atomic E-state index is 11.0. The van der Waals surface area contributed by atoms with Crippen LogP contribution in [-0.4, -0.2) is 23.7 Å². The van der Waals surface area contributed by atoms with Gasteiger partial charge in [-0.15, -0.1) is 0 Å². The minimum absolute atomic E-state index is 0. The van der Waals surface area contributed by atoms with Crippen LogP contribution in [0.25, 0.3) is 0 Å². The molecule has 0 spiro atoms. The second-order valence-electron chi connectivity index (χ2n) is 2.84. The number of rotatable bonds is 3. The van der Waals surface area contributed by atoms with Crippen molar-refractivity contribution in [3.05, 3.63) is 12.3 Å². The molecule has 0 radical (unpaired) electrons. The van der Waals surface area contributed by atoms with E-state index in [2.05, 4.69) is 4.74 Å². The van der Waals surface area contributed by atoms with Gasteiger partial charge < -0.3 is 9.29 Å². The van der Waals surface area contributed by atoms with Crippen LogP contribution in [0, 0.1) is 0 Å². The molecule has 0 fully saturated rings. The van der Waals surface area contributed by atoms with Gasteiger partial charge >= 0.3 is 35.5 Å². The van der Waals surface area contributed by atoms with E-state index in [-0.39, 0.29) is 29.6 Å². The van der Waals surface area contributed by atoms with E-state index in [9.17, 15) is 17.8 Å². The van der Waals surface area contributed by atoms with E-state index in [1.165, 1.54) is 6.08 Å². The number of allylic oxidation sites excluding steroid dienone is 1. The zero-order valence-electron chi connectivity index (χ0n) is 8.60. The van der Waals surface area contributed by atoms with Crippen molar-refractivity contribution in [1.29, 1.82) is 0 Å². The zero-order chi connectivity index (χ0) is 10.7. The third kappa shape index (κ3) is 4.10. The Balaban J connectivity index is 0. The summed E-state index contributed by atoms with van der Waals surface area (Å²) in [4.78, 5) is 11.0. The summed E-state index contributed by atoms with van der Waals surface area (Å²) in [6.45, 7) is 3.59. The largest absolute Gasteiger partial charge is 1.00 e. The van der Waals surface area contributed by atoms with Gasteiger partial charge in [-0.2, -0.15) is 0 Å². The quantitative estimate of drug-likeness (QED) is 0.229. The average molecular weight is 230 g/mol. The average Bonchev–Trinajstić information content (AvgIpc) is 1.97. The van der Waals surface area contributed by atoms with Crippen LogP contribution in [0.3, 0.4) is 0 Å². The van der Waals surface area contributed by atoms with Gasteiger partial charge in [-0.3, -0.25) is 4.79 Å². The molecule has 0 aliphatic carbocycles. The van der Waals surface area contributed by atoms with Crippen molar-refractivity contribution in [3.63, 3.8) is 0 Å². The Hall–Kier alpha value is 0.120. The van der Waals surface area contributed by atoms with Gasteiger partial charge in [0.15, 0.2) is 4.75 Å². The monoisotopic (exact) mass is 230 g/mol. The number of carbonyl (C=O) groups is 1. The first kappa shape index (κ1) is 16.5. The molecule has 0 saturated heterocycles. The van der Waals surface area contributed by atoms with Gasteiger partial charge in [-0.25, -0.2) is 8.42 Å². The molecule has 0 heterocycles. The van der Waals surface area contributed by atoms with Gasteiger partial charge in [0.05, 0.1) is 6.26 Å². The van der Waals surface area contributed by atoms with Gasteiger partial charge in [-0.05, 0) is 20.8 Å². The Labute approximate surface area is 106 Å². The van der Waals surface area contributed by atoms with Gasteiger partial charge in [0.2, 0.25) is 0 Å². The molecule has 0 unspecified atom stereocenters. The summed E-state index contributed by atoms with van der Waals surface area (Å²) in [5.74, 6) is -1.08. The van der Waals surface area contributed by atoms with Crippen molar-refractivity contribution in [2.75, 3.05) is 0 Å². The van der Waals surface area contributed by atoms with Crippen LogP contribution < -0.4 is 29.6 Å². The maximum Gasteiger partial charge on any atom is 1.00 e. The van der Waals surface area contributed by atoms with Crippen LogP contribution in [0.5, 0.6) is 0 Å². The molecule has 0 bridgehead atoms. The van der Waals surface area contributed by atoms with Gasteiger partial charge in [-0.1, -0.05) is 6.08 Å². The Morgan fingerprint density at radius 1 is 1.43 bits per heavy atom. The number of carbonyl (C=O) groups excluding carboxylic acids is 1. The van der Waals surface area contributed by atoms with Crippen molar-refractivity contribution in [1.82, 2.24) is 0 Å². The van der Waals surface area contributed by atoms with Crippen LogP contribution in [0.2, 0.25) is 0 Å². The Bertz CT molecular complexity index is 317. The second-order valence-corrected chi connectivity index (χ2v) is 4.77. The van der Waals surface area contributed by atoms with E-state index in [4.69, 9.17) is 0 Å². The molecule has 0 aliphatic heterocycles. The number of hydrogen-bond acceptors (Lipinski definition) is 5. The maximum absolute atomic E-state index is 11.0. The van der Waals surface area contributed by atoms with E-state index in [1.54, 1.807) is 6.92 Å². The number of ether oxygens (including phenoxy) is 1. The zero-order valence-corrected chi connectivity index (χ0v) is 11.4. The molecule has 0 saturated carbocycles. The van der Waals surface area contributed by atoms with Crippen LogP contribution >= 0.6 is 0 Å². The van der Waals surface area contributed by atoms with E-state index in [1.807, 2.05) is 0 Å². The van der Waals surface area contributed by atoms with Crippen molar-refractivity contribution in [2.45, 2.75) is 25.5 Å². The normalized spacial score (nSPS) is 12.3. The molecule has 0 aromatic heterocycles. The predicted octanol–water partition coefficient (Wildman–Crippen LogP) is -2.61. The summed E-state index contributed by atoms with van der Waals surface area (Å²) in [5.41, 5.74) is 0. The molecule has 0 aromatic rings. The summed E-state index contributed by atoms with van der Waals surface area (Å²) in [5, 5.41) is 0. The summed E-state index contributed by atoms with van der Waals surface area (Å²) in [6.07, 6.45) is 2.43. The van der Waals surface area contributed by atoms with Crippen LogP contribution in [0.15, 0.2) is 12.3 Å². The van der Waals surface area contributed by atoms with Crippen molar-refractivity contribution < 1.29 is 52.1 Å². The summed E-state index contributed by atoms with van der Waals surface area (Å²) in [6, 6.07) is 0. The first-order valence-corrected chi connectivity index (χ1v) is 4.92. The Morgan fingerprint density at radius 2 is 1.86 bits per heavy atom. The summed E-state index contributed by atoms with van der Waals surface area (Å²) >= 11 is 0. The molecule has 0 aromatic carbocycles. The van der Waals surface area contributed by atoms with Crippen molar-refractivity contribution in [3.8, 4) is 0 Å². The first-order chi connectivity index (χ1) is 5.73. The summed E-state index contributed by atoms with van der Waals surface area (Å²) in [7, 11) is -4.69. The topological polar surface area (TPSA) is 83.5 Å². The molecule has 76 valence electrons. The van der Waals surface area contributed by atoms with Crippen LogP contribution in [-0.2, 0) is 19.6 Å². The number of esters is 1. The molecular formula is C7H11NaO5S. The SMILES string of the molecule is C/C=C/OC(=O)C(C)(C)S(=O)(=O)[O-].[Na+]. The van der Waals surface area contributed by atoms with E-state index in [0.29, 0.717) is 0 Å². The molecular weight excluding hydrogens is 219 g/mol. The van der Waals surface area contributed by atoms with Crippen molar-refractivity contribution in [2.24, 2.45) is 0 Å². The molecule has 0 amide bonds. The van der Waals surface area contributed by atoms with Crippen LogP contribution in [0.1, 0.15) is 20.8 Å². The third-order valence-electron chi connectivity index (χ3n) is 1.43. The first-order valence-electron chi connectivity index (χ1n) is 3.51. The van der Waals surface area contributed by atoms with Gasteiger partial charge in [0, 0.05) is 0 Å². The van der Waals surface area contributed by atoms with Crippen molar-refractivity contribution >= 4 is 16.1 Å². The summed E-state index contributed by atoms with van der Waals surface area (Å²) < 4.78 is 34.1. The molecule has 5 nitrogen and oxygen atoms in total. The van der Waals surface area contributed by atoms with Crippen LogP contribution in [0.4, 0.5) is 0 Å². The molecule has 0 N–H and O–H groups in total. The van der Waals surface area contributed by atoms with Gasteiger partial charge in [0.25, 0.3) is 0 Å². The fraction of sp³-hybridized carbons (Fsp3) is 0.571. The number of hydrogen-bond donors (Lipinski definition) is 0. The fourth-order valence-electron chi connectivity index (χ4n) is 0.374. The molecule has 14 heavy (non-hydrogen) atoms.